The highest BCUT2D eigenvalue weighted by Crippen LogP contribution is 2.64. The minimum Gasteiger partial charge on any atom is -0.394 e. The number of hydrogen-bond acceptors (Lipinski definition) is 5. The van der Waals surface area contributed by atoms with Crippen molar-refractivity contribution in [1.82, 2.24) is 10.2 Å². The maximum atomic E-state index is 13.8. The third-order valence-corrected chi connectivity index (χ3v) is 8.15. The molecule has 8 heteroatoms. The van der Waals surface area contributed by atoms with Crippen molar-refractivity contribution in [2.24, 2.45) is 11.8 Å². The van der Waals surface area contributed by atoms with E-state index in [9.17, 15) is 19.5 Å². The highest BCUT2D eigenvalue weighted by atomic mass is 16.5. The molecule has 3 aliphatic rings. The summed E-state index contributed by atoms with van der Waals surface area (Å²) in [7, 11) is 1.56. The Morgan fingerprint density at radius 3 is 2.59 bits per heavy atom. The largest absolute Gasteiger partial charge is 0.394 e. The van der Waals surface area contributed by atoms with Crippen molar-refractivity contribution in [3.63, 3.8) is 0 Å². The van der Waals surface area contributed by atoms with Crippen LogP contribution >= 0.6 is 0 Å². The van der Waals surface area contributed by atoms with E-state index in [0.29, 0.717) is 24.9 Å². The average Bonchev–Trinajstić information content (AvgIpc) is 3.46. The number of nitrogens with zero attached hydrogens (tertiary/aromatic N) is 1. The van der Waals surface area contributed by atoms with Crippen molar-refractivity contribution in [3.05, 3.63) is 42.5 Å². The zero-order valence-electron chi connectivity index (χ0n) is 19.7. The Morgan fingerprint density at radius 2 is 1.91 bits per heavy atom. The maximum absolute atomic E-state index is 13.8. The molecule has 8 nitrogen and oxygen atoms in total. The zero-order valence-corrected chi connectivity index (χ0v) is 19.7. The lowest BCUT2D eigenvalue weighted by Gasteiger charge is -2.36. The minimum absolute atomic E-state index is 0.242. The molecule has 3 heterocycles. The minimum atomic E-state index is -1.10. The van der Waals surface area contributed by atoms with E-state index in [-0.39, 0.29) is 24.3 Å². The molecular formula is C26H31N3O5. The van der Waals surface area contributed by atoms with E-state index in [1.807, 2.05) is 49.4 Å². The Hall–Kier alpha value is -2.97. The first-order chi connectivity index (χ1) is 16.3. The van der Waals surface area contributed by atoms with Crippen LogP contribution < -0.4 is 10.6 Å². The number of aliphatic hydroxyl groups excluding tert-OH is 1. The van der Waals surface area contributed by atoms with Crippen LogP contribution in [-0.4, -0.2) is 64.7 Å². The third-order valence-electron chi connectivity index (χ3n) is 8.15. The average molecular weight is 466 g/mol. The van der Waals surface area contributed by atoms with Gasteiger partial charge in [-0.1, -0.05) is 37.3 Å². The van der Waals surface area contributed by atoms with Gasteiger partial charge in [-0.3, -0.25) is 14.4 Å². The quantitative estimate of drug-likeness (QED) is 0.605. The van der Waals surface area contributed by atoms with Gasteiger partial charge >= 0.3 is 0 Å². The van der Waals surface area contributed by atoms with Crippen LogP contribution in [0.15, 0.2) is 42.5 Å². The Morgan fingerprint density at radius 1 is 1.18 bits per heavy atom. The topological polar surface area (TPSA) is 108 Å². The summed E-state index contributed by atoms with van der Waals surface area (Å²) < 4.78 is 6.63. The predicted molar refractivity (Wildman–Crippen MR) is 127 cm³/mol. The molecule has 0 aromatic heterocycles. The fourth-order valence-corrected chi connectivity index (χ4v) is 6.55. The highest BCUT2D eigenvalue weighted by Gasteiger charge is 2.78. The van der Waals surface area contributed by atoms with Crippen molar-refractivity contribution < 1.29 is 24.2 Å². The monoisotopic (exact) mass is 465 g/mol. The first-order valence-corrected chi connectivity index (χ1v) is 12.0. The summed E-state index contributed by atoms with van der Waals surface area (Å²) in [4.78, 5) is 42.0. The molecule has 2 aromatic carbocycles. The normalized spacial score (nSPS) is 32.6. The summed E-state index contributed by atoms with van der Waals surface area (Å²) in [5, 5.41) is 17.7. The lowest BCUT2D eigenvalue weighted by atomic mass is 9.65. The van der Waals surface area contributed by atoms with Crippen LogP contribution in [0.5, 0.6) is 0 Å². The number of ether oxygens (including phenoxy) is 1. The van der Waals surface area contributed by atoms with E-state index in [1.54, 1.807) is 14.0 Å². The number of rotatable bonds is 6. The van der Waals surface area contributed by atoms with Crippen LogP contribution in [0.1, 0.15) is 33.1 Å². The second kappa shape index (κ2) is 8.06. The van der Waals surface area contributed by atoms with Gasteiger partial charge in [-0.25, -0.2) is 0 Å². The van der Waals surface area contributed by atoms with E-state index < -0.39 is 35.1 Å². The van der Waals surface area contributed by atoms with Gasteiger partial charge in [0.2, 0.25) is 17.7 Å². The van der Waals surface area contributed by atoms with Gasteiger partial charge in [-0.05, 0) is 49.1 Å². The molecule has 2 aromatic rings. The smallest absolute Gasteiger partial charge is 0.250 e. The van der Waals surface area contributed by atoms with E-state index in [2.05, 4.69) is 10.6 Å². The van der Waals surface area contributed by atoms with Crippen molar-refractivity contribution in [1.29, 1.82) is 0 Å². The molecule has 1 spiro atoms. The molecule has 180 valence electrons. The van der Waals surface area contributed by atoms with Crippen LogP contribution in [0, 0.1) is 11.8 Å². The Labute approximate surface area is 198 Å². The number of aliphatic hydroxyl groups is 1. The molecular weight excluding hydrogens is 434 g/mol. The SMILES string of the molecule is CC[C@@]12CCC3(O1)C(C(=O)Nc1ccc4ccccc4c1)N([C@H](C)CO)C(=O)[C@@H]3[C@@H]2C(=O)NC. The van der Waals surface area contributed by atoms with Crippen LogP contribution in [0.25, 0.3) is 10.8 Å². The number of benzene rings is 2. The molecule has 2 bridgehead atoms. The number of carbonyl (C=O) groups is 3. The summed E-state index contributed by atoms with van der Waals surface area (Å²) in [5.74, 6) is -2.34. The number of anilines is 1. The number of carbonyl (C=O) groups excluding carboxylic acids is 3. The summed E-state index contributed by atoms with van der Waals surface area (Å²) in [5.41, 5.74) is -1.25. The van der Waals surface area contributed by atoms with Gasteiger partial charge in [0.05, 0.1) is 30.1 Å². The Bertz CT molecular complexity index is 1170. The summed E-state index contributed by atoms with van der Waals surface area (Å²) >= 11 is 0. The van der Waals surface area contributed by atoms with Gasteiger partial charge in [0.15, 0.2) is 0 Å². The summed E-state index contributed by atoms with van der Waals surface area (Å²) in [6, 6.07) is 12.0. The summed E-state index contributed by atoms with van der Waals surface area (Å²) in [6.45, 7) is 3.37. The zero-order chi connectivity index (χ0) is 24.3. The standard InChI is InChI=1S/C26H31N3O5/c1-4-25-11-12-26(34-25)20(19(25)22(31)27-3)24(33)29(15(2)14-30)21(26)23(32)28-18-10-9-16-7-5-6-8-17(16)13-18/h5-10,13,15,19-21,30H,4,11-12,14H2,1-3H3,(H,27,31)(H,28,32)/t15-,19-,20+,21?,25+,26?/m1/s1. The fraction of sp³-hybridized carbons (Fsp3) is 0.500. The molecule has 3 aliphatic heterocycles. The van der Waals surface area contributed by atoms with Crippen LogP contribution in [0.3, 0.4) is 0 Å². The van der Waals surface area contributed by atoms with Crippen molar-refractivity contribution in [3.8, 4) is 0 Å². The van der Waals surface area contributed by atoms with Gasteiger partial charge in [0.25, 0.3) is 0 Å². The number of fused-ring (bicyclic) bond motifs is 2. The Kier molecular flexibility index (Phi) is 5.41. The first-order valence-electron chi connectivity index (χ1n) is 12.0. The molecule has 6 atom stereocenters. The van der Waals surface area contributed by atoms with Crippen LogP contribution in [-0.2, 0) is 19.1 Å². The van der Waals surface area contributed by atoms with E-state index in [1.165, 1.54) is 4.90 Å². The van der Waals surface area contributed by atoms with E-state index in [0.717, 1.165) is 10.8 Å². The molecule has 2 unspecified atom stereocenters. The fourth-order valence-electron chi connectivity index (χ4n) is 6.55. The number of nitrogens with one attached hydrogen (secondary N) is 2. The third kappa shape index (κ3) is 3.01. The molecule has 3 fully saturated rings. The van der Waals surface area contributed by atoms with Gasteiger partial charge in [-0.2, -0.15) is 0 Å². The van der Waals surface area contributed by atoms with Gasteiger partial charge in [0, 0.05) is 12.7 Å². The van der Waals surface area contributed by atoms with E-state index >= 15 is 0 Å². The lowest BCUT2D eigenvalue weighted by Crippen LogP contribution is -2.55. The molecule has 3 N–H and O–H groups in total. The Balaban J connectivity index is 1.55. The van der Waals surface area contributed by atoms with Crippen molar-refractivity contribution in [2.75, 3.05) is 19.0 Å². The maximum Gasteiger partial charge on any atom is 0.250 e. The van der Waals surface area contributed by atoms with Gasteiger partial charge in [-0.15, -0.1) is 0 Å². The number of amides is 3. The highest BCUT2D eigenvalue weighted by molar-refractivity contribution is 6.04. The lowest BCUT2D eigenvalue weighted by molar-refractivity contribution is -0.148. The molecule has 5 rings (SSSR count). The molecule has 3 saturated heterocycles. The van der Waals surface area contributed by atoms with Crippen LogP contribution in [0.2, 0.25) is 0 Å². The summed E-state index contributed by atoms with van der Waals surface area (Å²) in [6.07, 6.45) is 1.69. The molecule has 0 saturated carbocycles. The number of likely N-dealkylation sites (tertiary alicyclic amines) is 1. The first kappa shape index (κ1) is 22.8. The van der Waals surface area contributed by atoms with E-state index in [4.69, 9.17) is 4.74 Å². The molecule has 0 aliphatic carbocycles. The second-order valence-corrected chi connectivity index (χ2v) is 9.78. The van der Waals surface area contributed by atoms with Gasteiger partial charge < -0.3 is 25.4 Å². The van der Waals surface area contributed by atoms with Crippen molar-refractivity contribution >= 4 is 34.2 Å². The molecule has 34 heavy (non-hydrogen) atoms. The molecule has 0 radical (unpaired) electrons. The van der Waals surface area contributed by atoms with Crippen LogP contribution in [0.4, 0.5) is 5.69 Å². The predicted octanol–water partition coefficient (Wildman–Crippen LogP) is 2.06. The van der Waals surface area contributed by atoms with Crippen molar-refractivity contribution in [2.45, 2.75) is 56.4 Å². The van der Waals surface area contributed by atoms with Gasteiger partial charge in [0.1, 0.15) is 11.6 Å². The second-order valence-electron chi connectivity index (χ2n) is 9.78. The number of hydrogen-bond donors (Lipinski definition) is 3. The molecule has 3 amide bonds.